The smallest absolute Gasteiger partial charge is 0.0235 e. The molecule has 1 rings (SSSR count). The minimum atomic E-state index is 0.443. The predicted octanol–water partition coefficient (Wildman–Crippen LogP) is 2.45. The number of likely N-dealkylation sites (tertiary alicyclic amines) is 1. The van der Waals surface area contributed by atoms with Gasteiger partial charge >= 0.3 is 0 Å². The van der Waals surface area contributed by atoms with Gasteiger partial charge in [-0.2, -0.15) is 0 Å². The van der Waals surface area contributed by atoms with Crippen molar-refractivity contribution in [1.29, 1.82) is 0 Å². The summed E-state index contributed by atoms with van der Waals surface area (Å²) in [5.41, 5.74) is 0.443. The van der Waals surface area contributed by atoms with Crippen molar-refractivity contribution in [1.82, 2.24) is 9.80 Å². The van der Waals surface area contributed by atoms with E-state index in [1.807, 2.05) is 0 Å². The summed E-state index contributed by atoms with van der Waals surface area (Å²) in [6.07, 6.45) is 1.36. The summed E-state index contributed by atoms with van der Waals surface area (Å²) in [4.78, 5) is 5.23. The fourth-order valence-corrected chi connectivity index (χ4v) is 2.66. The van der Waals surface area contributed by atoms with Crippen molar-refractivity contribution in [3.63, 3.8) is 0 Å². The van der Waals surface area contributed by atoms with Gasteiger partial charge in [0, 0.05) is 19.1 Å². The second kappa shape index (κ2) is 5.31. The average molecular weight is 212 g/mol. The zero-order chi connectivity index (χ0) is 11.5. The first-order chi connectivity index (χ1) is 6.96. The molecule has 0 bridgehead atoms. The molecule has 0 aromatic heterocycles. The molecule has 1 aliphatic heterocycles. The Morgan fingerprint density at radius 2 is 1.80 bits per heavy atom. The minimum absolute atomic E-state index is 0.443. The summed E-state index contributed by atoms with van der Waals surface area (Å²) in [5.74, 6) is 0. The highest BCUT2D eigenvalue weighted by Gasteiger charge is 2.28. The molecule has 1 fully saturated rings. The van der Waals surface area contributed by atoms with E-state index >= 15 is 0 Å². The van der Waals surface area contributed by atoms with Gasteiger partial charge in [0.1, 0.15) is 0 Å². The molecule has 1 unspecified atom stereocenters. The van der Waals surface area contributed by atoms with Gasteiger partial charge in [0.25, 0.3) is 0 Å². The first-order valence-corrected chi connectivity index (χ1v) is 6.42. The lowest BCUT2D eigenvalue weighted by Gasteiger charge is -2.29. The highest BCUT2D eigenvalue weighted by atomic mass is 15.2. The van der Waals surface area contributed by atoms with Crippen LogP contribution in [0.25, 0.3) is 0 Å². The number of hydrogen-bond acceptors (Lipinski definition) is 2. The zero-order valence-corrected chi connectivity index (χ0v) is 11.2. The van der Waals surface area contributed by atoms with Gasteiger partial charge in [-0.15, -0.1) is 0 Å². The Morgan fingerprint density at radius 3 is 2.27 bits per heavy atom. The van der Waals surface area contributed by atoms with Gasteiger partial charge < -0.3 is 4.90 Å². The van der Waals surface area contributed by atoms with Crippen LogP contribution in [0.5, 0.6) is 0 Å². The molecule has 0 amide bonds. The lowest BCUT2D eigenvalue weighted by Crippen LogP contribution is -2.38. The van der Waals surface area contributed by atoms with E-state index in [2.05, 4.69) is 44.4 Å². The van der Waals surface area contributed by atoms with E-state index in [9.17, 15) is 0 Å². The number of rotatable bonds is 4. The van der Waals surface area contributed by atoms with Crippen molar-refractivity contribution in [2.45, 2.75) is 47.1 Å². The Bertz CT molecular complexity index is 179. The Kier molecular flexibility index (Phi) is 4.60. The van der Waals surface area contributed by atoms with Gasteiger partial charge in [-0.25, -0.2) is 0 Å². The largest absolute Gasteiger partial charge is 0.301 e. The van der Waals surface area contributed by atoms with Gasteiger partial charge in [0.15, 0.2) is 0 Å². The molecular formula is C13H28N2. The van der Waals surface area contributed by atoms with Crippen LogP contribution in [0.1, 0.15) is 41.0 Å². The highest BCUT2D eigenvalue weighted by Crippen LogP contribution is 2.21. The van der Waals surface area contributed by atoms with Crippen molar-refractivity contribution in [3.8, 4) is 0 Å². The van der Waals surface area contributed by atoms with E-state index in [-0.39, 0.29) is 0 Å². The lowest BCUT2D eigenvalue weighted by atomic mass is 9.96. The molecule has 1 atom stereocenters. The summed E-state index contributed by atoms with van der Waals surface area (Å²) in [7, 11) is 0. The molecule has 0 aromatic rings. The monoisotopic (exact) mass is 212 g/mol. The molecule has 1 heterocycles. The van der Waals surface area contributed by atoms with E-state index in [0.717, 1.165) is 6.04 Å². The van der Waals surface area contributed by atoms with E-state index in [1.54, 1.807) is 0 Å². The van der Waals surface area contributed by atoms with Crippen LogP contribution in [-0.2, 0) is 0 Å². The Morgan fingerprint density at radius 1 is 1.20 bits per heavy atom. The number of nitrogens with zero attached hydrogens (tertiary/aromatic N) is 2. The van der Waals surface area contributed by atoms with Gasteiger partial charge in [-0.3, -0.25) is 4.90 Å². The predicted molar refractivity (Wildman–Crippen MR) is 67.2 cm³/mol. The zero-order valence-electron chi connectivity index (χ0n) is 11.2. The fourth-order valence-electron chi connectivity index (χ4n) is 2.66. The normalized spacial score (nSPS) is 24.0. The molecule has 0 aliphatic carbocycles. The summed E-state index contributed by atoms with van der Waals surface area (Å²) < 4.78 is 0. The van der Waals surface area contributed by atoms with E-state index in [1.165, 1.54) is 39.1 Å². The van der Waals surface area contributed by atoms with Gasteiger partial charge in [-0.05, 0) is 31.5 Å². The van der Waals surface area contributed by atoms with Crippen molar-refractivity contribution in [3.05, 3.63) is 0 Å². The SMILES string of the molecule is CCN(CC)C1CCN(CC(C)(C)C)C1. The van der Waals surface area contributed by atoms with E-state index in [4.69, 9.17) is 0 Å². The molecule has 15 heavy (non-hydrogen) atoms. The van der Waals surface area contributed by atoms with Crippen LogP contribution < -0.4 is 0 Å². The molecule has 1 aliphatic rings. The molecule has 2 nitrogen and oxygen atoms in total. The van der Waals surface area contributed by atoms with E-state index in [0.29, 0.717) is 5.41 Å². The highest BCUT2D eigenvalue weighted by molar-refractivity contribution is 4.84. The van der Waals surface area contributed by atoms with Gasteiger partial charge in [-0.1, -0.05) is 34.6 Å². The molecule has 0 N–H and O–H groups in total. The molecular weight excluding hydrogens is 184 g/mol. The number of hydrogen-bond donors (Lipinski definition) is 0. The first-order valence-electron chi connectivity index (χ1n) is 6.42. The molecule has 0 aromatic carbocycles. The second-order valence-corrected chi connectivity index (χ2v) is 5.96. The van der Waals surface area contributed by atoms with Gasteiger partial charge in [0.2, 0.25) is 0 Å². The maximum absolute atomic E-state index is 2.63. The van der Waals surface area contributed by atoms with Crippen molar-refractivity contribution < 1.29 is 0 Å². The molecule has 0 spiro atoms. The lowest BCUT2D eigenvalue weighted by molar-refractivity contribution is 0.185. The van der Waals surface area contributed by atoms with Crippen LogP contribution >= 0.6 is 0 Å². The summed E-state index contributed by atoms with van der Waals surface area (Å²) in [6, 6.07) is 0.808. The van der Waals surface area contributed by atoms with Crippen LogP contribution in [-0.4, -0.2) is 48.6 Å². The van der Waals surface area contributed by atoms with Gasteiger partial charge in [0.05, 0.1) is 0 Å². The maximum Gasteiger partial charge on any atom is 0.0235 e. The molecule has 90 valence electrons. The van der Waals surface area contributed by atoms with Crippen LogP contribution in [0.4, 0.5) is 0 Å². The van der Waals surface area contributed by atoms with E-state index < -0.39 is 0 Å². The van der Waals surface area contributed by atoms with Crippen LogP contribution in [0.2, 0.25) is 0 Å². The van der Waals surface area contributed by atoms with Crippen LogP contribution in [0.15, 0.2) is 0 Å². The Hall–Kier alpha value is -0.0800. The third-order valence-electron chi connectivity index (χ3n) is 3.27. The van der Waals surface area contributed by atoms with Crippen molar-refractivity contribution in [2.75, 3.05) is 32.7 Å². The number of likely N-dealkylation sites (N-methyl/N-ethyl adjacent to an activating group) is 1. The fraction of sp³-hybridized carbons (Fsp3) is 1.00. The van der Waals surface area contributed by atoms with Crippen LogP contribution in [0, 0.1) is 5.41 Å². The van der Waals surface area contributed by atoms with Crippen molar-refractivity contribution in [2.24, 2.45) is 5.41 Å². The summed E-state index contributed by atoms with van der Waals surface area (Å²) in [6.45, 7) is 17.7. The first kappa shape index (κ1) is 13.0. The summed E-state index contributed by atoms with van der Waals surface area (Å²) in [5, 5.41) is 0. The molecule has 0 saturated carbocycles. The maximum atomic E-state index is 2.63. The molecule has 0 radical (unpaired) electrons. The van der Waals surface area contributed by atoms with Crippen molar-refractivity contribution >= 4 is 0 Å². The topological polar surface area (TPSA) is 6.48 Å². The quantitative estimate of drug-likeness (QED) is 0.706. The molecule has 2 heteroatoms. The Balaban J connectivity index is 2.38. The molecule has 1 saturated heterocycles. The third-order valence-corrected chi connectivity index (χ3v) is 3.27. The van der Waals surface area contributed by atoms with Crippen LogP contribution in [0.3, 0.4) is 0 Å². The average Bonchev–Trinajstić information content (AvgIpc) is 2.52. The third kappa shape index (κ3) is 4.12. The standard InChI is InChI=1S/C13H28N2/c1-6-15(7-2)12-8-9-14(10-12)11-13(3,4)5/h12H,6-11H2,1-5H3. The summed E-state index contributed by atoms with van der Waals surface area (Å²) >= 11 is 0. The Labute approximate surface area is 95.6 Å². The minimum Gasteiger partial charge on any atom is -0.301 e. The second-order valence-electron chi connectivity index (χ2n) is 5.96.